The van der Waals surface area contributed by atoms with E-state index < -0.39 is 11.8 Å². The van der Waals surface area contributed by atoms with Crippen LogP contribution in [0.4, 0.5) is 8.78 Å². The molecule has 0 saturated heterocycles. The molecule has 0 aliphatic heterocycles. The standard InChI is InChI=1S/C13H14F2O/c1-9(16)10-5-2-3-6-11(10)13(12(14)15)7-4-8-13/h2-3,5-6,12H,4,7-8H2,1H3. The van der Waals surface area contributed by atoms with Crippen LogP contribution in [0.15, 0.2) is 24.3 Å². The summed E-state index contributed by atoms with van der Waals surface area (Å²) in [6.45, 7) is 1.43. The average molecular weight is 224 g/mol. The summed E-state index contributed by atoms with van der Waals surface area (Å²) in [4.78, 5) is 11.4. The fourth-order valence-electron chi connectivity index (χ4n) is 2.39. The number of carbonyl (C=O) groups excluding carboxylic acids is 1. The third-order valence-electron chi connectivity index (χ3n) is 3.51. The molecule has 0 atom stereocenters. The zero-order valence-corrected chi connectivity index (χ0v) is 9.17. The molecule has 0 aromatic heterocycles. The zero-order valence-electron chi connectivity index (χ0n) is 9.17. The minimum atomic E-state index is -2.39. The fraction of sp³-hybridized carbons (Fsp3) is 0.462. The molecule has 3 heteroatoms. The molecule has 0 heterocycles. The predicted octanol–water partition coefficient (Wildman–Crippen LogP) is 3.58. The van der Waals surface area contributed by atoms with Gasteiger partial charge >= 0.3 is 0 Å². The molecule has 0 N–H and O–H groups in total. The van der Waals surface area contributed by atoms with Gasteiger partial charge in [-0.2, -0.15) is 0 Å². The molecule has 2 rings (SSSR count). The van der Waals surface area contributed by atoms with E-state index in [0.29, 0.717) is 24.0 Å². The topological polar surface area (TPSA) is 17.1 Å². The summed E-state index contributed by atoms with van der Waals surface area (Å²) in [5.41, 5.74) is -0.0892. The van der Waals surface area contributed by atoms with Crippen LogP contribution in [0, 0.1) is 0 Å². The molecule has 1 fully saturated rings. The molecule has 0 amide bonds. The van der Waals surface area contributed by atoms with Gasteiger partial charge in [0.1, 0.15) is 0 Å². The monoisotopic (exact) mass is 224 g/mol. The van der Waals surface area contributed by atoms with Crippen molar-refractivity contribution in [2.45, 2.75) is 38.0 Å². The number of rotatable bonds is 3. The number of ketones is 1. The average Bonchev–Trinajstić information content (AvgIpc) is 2.15. The Morgan fingerprint density at radius 1 is 1.31 bits per heavy atom. The lowest BCUT2D eigenvalue weighted by Crippen LogP contribution is -2.42. The van der Waals surface area contributed by atoms with Gasteiger partial charge in [-0.15, -0.1) is 0 Å². The van der Waals surface area contributed by atoms with Crippen LogP contribution in [0.2, 0.25) is 0 Å². The smallest absolute Gasteiger partial charge is 0.248 e. The molecule has 0 bridgehead atoms. The van der Waals surface area contributed by atoms with Crippen molar-refractivity contribution in [3.8, 4) is 0 Å². The Hall–Kier alpha value is -1.25. The Balaban J connectivity index is 2.50. The SMILES string of the molecule is CC(=O)c1ccccc1C1(C(F)F)CCC1. The van der Waals surface area contributed by atoms with Crippen molar-refractivity contribution >= 4 is 5.78 Å². The molecule has 1 nitrogen and oxygen atoms in total. The van der Waals surface area contributed by atoms with Gasteiger partial charge in [0.15, 0.2) is 5.78 Å². The van der Waals surface area contributed by atoms with Crippen LogP contribution < -0.4 is 0 Å². The number of hydrogen-bond acceptors (Lipinski definition) is 1. The molecule has 1 aromatic rings. The van der Waals surface area contributed by atoms with Crippen LogP contribution in [0.25, 0.3) is 0 Å². The molecule has 1 aliphatic rings. The highest BCUT2D eigenvalue weighted by Crippen LogP contribution is 2.49. The van der Waals surface area contributed by atoms with E-state index >= 15 is 0 Å². The summed E-state index contributed by atoms with van der Waals surface area (Å²) in [6.07, 6.45) is -0.609. The summed E-state index contributed by atoms with van der Waals surface area (Å²) in [7, 11) is 0. The molecule has 0 unspecified atom stereocenters. The first-order chi connectivity index (χ1) is 7.58. The van der Waals surface area contributed by atoms with Gasteiger partial charge in [-0.25, -0.2) is 8.78 Å². The van der Waals surface area contributed by atoms with Crippen molar-refractivity contribution < 1.29 is 13.6 Å². The van der Waals surface area contributed by atoms with Gasteiger partial charge in [-0.1, -0.05) is 30.7 Å². The minimum absolute atomic E-state index is 0.137. The molecule has 1 saturated carbocycles. The van der Waals surface area contributed by atoms with E-state index in [-0.39, 0.29) is 5.78 Å². The lowest BCUT2D eigenvalue weighted by atomic mass is 9.63. The van der Waals surface area contributed by atoms with Gasteiger partial charge in [-0.05, 0) is 25.3 Å². The first-order valence-electron chi connectivity index (χ1n) is 5.46. The molecule has 16 heavy (non-hydrogen) atoms. The van der Waals surface area contributed by atoms with Crippen LogP contribution >= 0.6 is 0 Å². The maximum atomic E-state index is 13.2. The minimum Gasteiger partial charge on any atom is -0.295 e. The first kappa shape index (κ1) is 11.2. The predicted molar refractivity (Wildman–Crippen MR) is 58.0 cm³/mol. The van der Waals surface area contributed by atoms with Crippen molar-refractivity contribution in [1.29, 1.82) is 0 Å². The van der Waals surface area contributed by atoms with E-state index in [1.807, 2.05) is 0 Å². The Morgan fingerprint density at radius 3 is 2.38 bits per heavy atom. The summed E-state index contributed by atoms with van der Waals surface area (Å²) >= 11 is 0. The maximum Gasteiger partial charge on any atom is 0.248 e. The highest BCUT2D eigenvalue weighted by molar-refractivity contribution is 5.96. The number of alkyl halides is 2. The Morgan fingerprint density at radius 2 is 1.94 bits per heavy atom. The highest BCUT2D eigenvalue weighted by atomic mass is 19.3. The molecular formula is C13H14F2O. The number of benzene rings is 1. The van der Waals surface area contributed by atoms with Crippen LogP contribution in [0.1, 0.15) is 42.1 Å². The van der Waals surface area contributed by atoms with Crippen molar-refractivity contribution in [3.05, 3.63) is 35.4 Å². The molecule has 1 aromatic carbocycles. The first-order valence-corrected chi connectivity index (χ1v) is 5.46. The van der Waals surface area contributed by atoms with E-state index in [1.54, 1.807) is 24.3 Å². The van der Waals surface area contributed by atoms with Crippen molar-refractivity contribution in [2.24, 2.45) is 0 Å². The van der Waals surface area contributed by atoms with Gasteiger partial charge in [0.25, 0.3) is 0 Å². The second kappa shape index (κ2) is 3.96. The third kappa shape index (κ3) is 1.55. The van der Waals surface area contributed by atoms with E-state index in [4.69, 9.17) is 0 Å². The van der Waals surface area contributed by atoms with Gasteiger partial charge in [0.2, 0.25) is 6.43 Å². The van der Waals surface area contributed by atoms with Gasteiger partial charge in [0, 0.05) is 5.56 Å². The van der Waals surface area contributed by atoms with Gasteiger partial charge in [0.05, 0.1) is 5.41 Å². The second-order valence-electron chi connectivity index (χ2n) is 4.41. The molecule has 0 spiro atoms. The lowest BCUT2D eigenvalue weighted by Gasteiger charge is -2.42. The fourth-order valence-corrected chi connectivity index (χ4v) is 2.39. The molecular weight excluding hydrogens is 210 g/mol. The van der Waals surface area contributed by atoms with Crippen LogP contribution in [0.3, 0.4) is 0 Å². The van der Waals surface area contributed by atoms with Crippen LogP contribution in [-0.4, -0.2) is 12.2 Å². The van der Waals surface area contributed by atoms with Crippen molar-refractivity contribution in [2.75, 3.05) is 0 Å². The molecule has 0 radical (unpaired) electrons. The third-order valence-corrected chi connectivity index (χ3v) is 3.51. The van der Waals surface area contributed by atoms with E-state index in [0.717, 1.165) is 6.42 Å². The highest BCUT2D eigenvalue weighted by Gasteiger charge is 2.48. The zero-order chi connectivity index (χ0) is 11.8. The van der Waals surface area contributed by atoms with Crippen molar-refractivity contribution in [3.63, 3.8) is 0 Å². The van der Waals surface area contributed by atoms with Crippen molar-refractivity contribution in [1.82, 2.24) is 0 Å². The van der Waals surface area contributed by atoms with Gasteiger partial charge < -0.3 is 0 Å². The van der Waals surface area contributed by atoms with Gasteiger partial charge in [-0.3, -0.25) is 4.79 Å². The summed E-state index contributed by atoms with van der Waals surface area (Å²) < 4.78 is 26.3. The Bertz CT molecular complexity index is 408. The largest absolute Gasteiger partial charge is 0.295 e. The number of halogens is 2. The summed E-state index contributed by atoms with van der Waals surface area (Å²) in [6, 6.07) is 6.75. The number of Topliss-reactive ketones (excluding diaryl/α,β-unsaturated/α-hetero) is 1. The quantitative estimate of drug-likeness (QED) is 0.717. The normalized spacial score (nSPS) is 18.2. The van der Waals surface area contributed by atoms with E-state index in [9.17, 15) is 13.6 Å². The lowest BCUT2D eigenvalue weighted by molar-refractivity contribution is 0.000468. The van der Waals surface area contributed by atoms with Crippen LogP contribution in [0.5, 0.6) is 0 Å². The maximum absolute atomic E-state index is 13.2. The molecule has 86 valence electrons. The van der Waals surface area contributed by atoms with E-state index in [2.05, 4.69) is 0 Å². The summed E-state index contributed by atoms with van der Waals surface area (Å²) in [5.74, 6) is -0.137. The number of carbonyl (C=O) groups is 1. The van der Waals surface area contributed by atoms with E-state index in [1.165, 1.54) is 6.92 Å². The molecule has 1 aliphatic carbocycles. The number of hydrogen-bond donors (Lipinski definition) is 0. The second-order valence-corrected chi connectivity index (χ2v) is 4.41. The Kier molecular flexibility index (Phi) is 2.78. The Labute approximate surface area is 93.5 Å². The summed E-state index contributed by atoms with van der Waals surface area (Å²) in [5, 5.41) is 0. The van der Waals surface area contributed by atoms with Crippen LogP contribution in [-0.2, 0) is 5.41 Å².